The number of nitrogens with one attached hydrogen (secondary N) is 2. The van der Waals surface area contributed by atoms with Gasteiger partial charge in [0.1, 0.15) is 0 Å². The molecule has 1 heterocycles. The maximum atomic E-state index is 5.19. The van der Waals surface area contributed by atoms with Gasteiger partial charge in [-0.3, -0.25) is 10.4 Å². The Morgan fingerprint density at radius 3 is 2.43 bits per heavy atom. The van der Waals surface area contributed by atoms with E-state index in [-0.39, 0.29) is 0 Å². The second kappa shape index (κ2) is 7.50. The Kier molecular flexibility index (Phi) is 5.40. The fourth-order valence-corrected chi connectivity index (χ4v) is 1.90. The van der Waals surface area contributed by atoms with Gasteiger partial charge in [-0.05, 0) is 53.5 Å². The van der Waals surface area contributed by atoms with Gasteiger partial charge in [0, 0.05) is 18.1 Å². The second-order valence-electron chi connectivity index (χ2n) is 4.88. The molecule has 0 radical (unpaired) electrons. The van der Waals surface area contributed by atoms with Crippen LogP contribution in [0.15, 0.2) is 53.9 Å². The van der Waals surface area contributed by atoms with Gasteiger partial charge in [0.25, 0.3) is 0 Å². The van der Waals surface area contributed by atoms with Crippen LogP contribution >= 0.6 is 12.2 Å². The molecular weight excluding hydrogens is 280 g/mol. The summed E-state index contributed by atoms with van der Waals surface area (Å²) in [5.41, 5.74) is 5.99. The molecule has 0 amide bonds. The lowest BCUT2D eigenvalue weighted by Crippen LogP contribution is -2.23. The summed E-state index contributed by atoms with van der Waals surface area (Å²) in [6.45, 7) is 4.34. The largest absolute Gasteiger partial charge is 0.331 e. The molecule has 2 N–H and O–H groups in total. The Balaban J connectivity index is 1.85. The molecular formula is C16H18N4S. The highest BCUT2D eigenvalue weighted by molar-refractivity contribution is 7.80. The van der Waals surface area contributed by atoms with Crippen LogP contribution in [0.25, 0.3) is 0 Å². The van der Waals surface area contributed by atoms with E-state index in [4.69, 9.17) is 12.2 Å². The first-order valence-corrected chi connectivity index (χ1v) is 7.16. The van der Waals surface area contributed by atoms with Gasteiger partial charge < -0.3 is 5.32 Å². The predicted octanol–water partition coefficient (Wildman–Crippen LogP) is 3.53. The molecule has 0 aliphatic rings. The van der Waals surface area contributed by atoms with Crippen LogP contribution in [0.2, 0.25) is 0 Å². The van der Waals surface area contributed by atoms with Crippen LogP contribution in [0.1, 0.15) is 30.9 Å². The third-order valence-electron chi connectivity index (χ3n) is 2.92. The van der Waals surface area contributed by atoms with Gasteiger partial charge in [-0.25, -0.2) is 0 Å². The summed E-state index contributed by atoms with van der Waals surface area (Å²) in [6.07, 6.45) is 5.12. The topological polar surface area (TPSA) is 49.3 Å². The lowest BCUT2D eigenvalue weighted by Gasteiger charge is -2.09. The van der Waals surface area contributed by atoms with Crippen LogP contribution in [0.3, 0.4) is 0 Å². The van der Waals surface area contributed by atoms with Crippen molar-refractivity contribution >= 4 is 29.2 Å². The molecule has 0 fully saturated rings. The highest BCUT2D eigenvalue weighted by Crippen LogP contribution is 2.16. The molecule has 0 aliphatic heterocycles. The fraction of sp³-hybridized carbons (Fsp3) is 0.188. The van der Waals surface area contributed by atoms with E-state index in [1.165, 1.54) is 5.56 Å². The summed E-state index contributed by atoms with van der Waals surface area (Å²) in [6, 6.07) is 11.9. The first-order chi connectivity index (χ1) is 10.1. The lowest BCUT2D eigenvalue weighted by atomic mass is 10.0. The number of anilines is 1. The van der Waals surface area contributed by atoms with Crippen molar-refractivity contribution in [3.8, 4) is 0 Å². The zero-order chi connectivity index (χ0) is 15.1. The molecule has 5 heteroatoms. The number of pyridine rings is 1. The third kappa shape index (κ3) is 4.96. The Labute approximate surface area is 130 Å². The van der Waals surface area contributed by atoms with Crippen molar-refractivity contribution in [2.45, 2.75) is 19.8 Å². The first-order valence-electron chi connectivity index (χ1n) is 6.75. The van der Waals surface area contributed by atoms with Gasteiger partial charge in [0.05, 0.1) is 6.21 Å². The number of nitrogens with zero attached hydrogens (tertiary/aromatic N) is 2. The van der Waals surface area contributed by atoms with Crippen molar-refractivity contribution in [3.05, 3.63) is 59.9 Å². The molecule has 0 saturated heterocycles. The van der Waals surface area contributed by atoms with Crippen molar-refractivity contribution in [2.75, 3.05) is 5.32 Å². The van der Waals surface area contributed by atoms with Crippen LogP contribution in [0, 0.1) is 0 Å². The van der Waals surface area contributed by atoms with Gasteiger partial charge in [0.2, 0.25) is 0 Å². The Morgan fingerprint density at radius 1 is 1.14 bits per heavy atom. The van der Waals surface area contributed by atoms with Crippen LogP contribution in [-0.2, 0) is 0 Å². The zero-order valence-electron chi connectivity index (χ0n) is 12.1. The Bertz CT molecular complexity index is 606. The highest BCUT2D eigenvalue weighted by Gasteiger charge is 2.00. The normalized spacial score (nSPS) is 10.8. The molecule has 0 bridgehead atoms. The minimum Gasteiger partial charge on any atom is -0.331 e. The minimum absolute atomic E-state index is 0.456. The van der Waals surface area contributed by atoms with Crippen molar-refractivity contribution in [3.63, 3.8) is 0 Å². The van der Waals surface area contributed by atoms with Gasteiger partial charge in [-0.1, -0.05) is 26.0 Å². The average Bonchev–Trinajstić information content (AvgIpc) is 2.49. The van der Waals surface area contributed by atoms with Crippen LogP contribution in [-0.4, -0.2) is 16.3 Å². The van der Waals surface area contributed by atoms with E-state index in [1.54, 1.807) is 18.6 Å². The number of aromatic nitrogens is 1. The molecule has 108 valence electrons. The van der Waals surface area contributed by atoms with E-state index in [2.05, 4.69) is 46.8 Å². The zero-order valence-corrected chi connectivity index (χ0v) is 12.9. The predicted molar refractivity (Wildman–Crippen MR) is 91.7 cm³/mol. The maximum Gasteiger partial charge on any atom is 0.191 e. The Morgan fingerprint density at radius 2 is 1.81 bits per heavy atom. The van der Waals surface area contributed by atoms with Gasteiger partial charge in [-0.2, -0.15) is 5.10 Å². The molecule has 0 saturated carbocycles. The van der Waals surface area contributed by atoms with Gasteiger partial charge in [0.15, 0.2) is 5.11 Å². The molecule has 1 aromatic heterocycles. The van der Waals surface area contributed by atoms with Gasteiger partial charge in [-0.15, -0.1) is 0 Å². The van der Waals surface area contributed by atoms with E-state index in [9.17, 15) is 0 Å². The molecule has 0 unspecified atom stereocenters. The van der Waals surface area contributed by atoms with E-state index in [0.29, 0.717) is 11.0 Å². The van der Waals surface area contributed by atoms with Crippen LogP contribution in [0.4, 0.5) is 5.69 Å². The summed E-state index contributed by atoms with van der Waals surface area (Å²) < 4.78 is 0. The molecule has 2 rings (SSSR count). The number of hydrogen-bond acceptors (Lipinski definition) is 3. The van der Waals surface area contributed by atoms with E-state index < -0.39 is 0 Å². The standard InChI is InChI=1S/C16H18N4S/c1-12(2)14-3-5-15(6-4-14)19-16(21)20-18-11-13-7-9-17-10-8-13/h3-12H,1-2H3,(H2,19,20,21)/b18-11-. The molecule has 2 aromatic rings. The summed E-state index contributed by atoms with van der Waals surface area (Å²) in [5, 5.41) is 7.62. The lowest BCUT2D eigenvalue weighted by molar-refractivity contribution is 0.867. The monoisotopic (exact) mass is 298 g/mol. The summed E-state index contributed by atoms with van der Waals surface area (Å²) >= 11 is 5.19. The van der Waals surface area contributed by atoms with Crippen molar-refractivity contribution in [1.82, 2.24) is 10.4 Å². The molecule has 4 nitrogen and oxygen atoms in total. The SMILES string of the molecule is CC(C)c1ccc(NC(=S)N/N=C\c2ccncc2)cc1. The summed E-state index contributed by atoms with van der Waals surface area (Å²) in [4.78, 5) is 3.94. The van der Waals surface area contributed by atoms with Crippen molar-refractivity contribution < 1.29 is 0 Å². The number of hydrogen-bond donors (Lipinski definition) is 2. The molecule has 0 aliphatic carbocycles. The smallest absolute Gasteiger partial charge is 0.191 e. The van der Waals surface area contributed by atoms with Crippen molar-refractivity contribution in [2.24, 2.45) is 5.10 Å². The minimum atomic E-state index is 0.456. The quantitative estimate of drug-likeness (QED) is 0.515. The van der Waals surface area contributed by atoms with Crippen molar-refractivity contribution in [1.29, 1.82) is 0 Å². The first kappa shape index (κ1) is 15.1. The summed E-state index contributed by atoms with van der Waals surface area (Å²) in [5.74, 6) is 0.522. The molecule has 0 atom stereocenters. The van der Waals surface area contributed by atoms with Crippen LogP contribution < -0.4 is 10.7 Å². The molecule has 1 aromatic carbocycles. The van der Waals surface area contributed by atoms with Crippen LogP contribution in [0.5, 0.6) is 0 Å². The van der Waals surface area contributed by atoms with Gasteiger partial charge >= 0.3 is 0 Å². The summed E-state index contributed by atoms with van der Waals surface area (Å²) in [7, 11) is 0. The average molecular weight is 298 g/mol. The number of rotatable bonds is 4. The second-order valence-corrected chi connectivity index (χ2v) is 5.29. The number of benzene rings is 1. The number of thiocarbonyl (C=S) groups is 1. The number of hydrazone groups is 1. The fourth-order valence-electron chi connectivity index (χ4n) is 1.73. The van der Waals surface area contributed by atoms with E-state index in [1.807, 2.05) is 24.3 Å². The highest BCUT2D eigenvalue weighted by atomic mass is 32.1. The maximum absolute atomic E-state index is 5.19. The van der Waals surface area contributed by atoms with E-state index >= 15 is 0 Å². The third-order valence-corrected chi connectivity index (χ3v) is 3.11. The Hall–Kier alpha value is -2.27. The molecule has 21 heavy (non-hydrogen) atoms. The van der Waals surface area contributed by atoms with E-state index in [0.717, 1.165) is 11.3 Å². The molecule has 0 spiro atoms.